The summed E-state index contributed by atoms with van der Waals surface area (Å²) in [6.45, 7) is 1.22. The number of hydrogen-bond acceptors (Lipinski definition) is 10. The van der Waals surface area contributed by atoms with Crippen LogP contribution in [-0.4, -0.2) is 86.1 Å². The summed E-state index contributed by atoms with van der Waals surface area (Å²) in [6.07, 6.45) is -1.81. The number of nitrogens with zero attached hydrogens (tertiary/aromatic N) is 4. The molecule has 2 fully saturated rings. The SMILES string of the molecule is CNC(=S)OC[C@H]1OC(n2cnc3c(NC4CCOC4)nc(Cl)nc32)[C@H](O)[C@@H]1O. The first-order chi connectivity index (χ1) is 14.0. The van der Waals surface area contributed by atoms with Gasteiger partial charge in [0, 0.05) is 13.7 Å². The fraction of sp³-hybridized carbons (Fsp3) is 0.625. The number of imidazole rings is 1. The normalized spacial score (nSPS) is 29.3. The van der Waals surface area contributed by atoms with Gasteiger partial charge >= 0.3 is 0 Å². The third-order valence-electron chi connectivity index (χ3n) is 4.86. The average molecular weight is 445 g/mol. The molecule has 29 heavy (non-hydrogen) atoms. The molecule has 2 unspecified atom stereocenters. The number of hydrogen-bond donors (Lipinski definition) is 4. The maximum Gasteiger partial charge on any atom is 0.256 e. The Hall–Kier alpha value is -1.83. The van der Waals surface area contributed by atoms with E-state index in [2.05, 4.69) is 25.6 Å². The minimum absolute atomic E-state index is 0.0213. The van der Waals surface area contributed by atoms with Crippen LogP contribution in [0.25, 0.3) is 11.2 Å². The Kier molecular flexibility index (Phi) is 5.99. The van der Waals surface area contributed by atoms with E-state index in [1.54, 1.807) is 7.05 Å². The van der Waals surface area contributed by atoms with Crippen molar-refractivity contribution in [3.05, 3.63) is 11.6 Å². The van der Waals surface area contributed by atoms with Gasteiger partial charge in [-0.2, -0.15) is 9.97 Å². The highest BCUT2D eigenvalue weighted by atomic mass is 35.5. The number of nitrogens with one attached hydrogen (secondary N) is 2. The van der Waals surface area contributed by atoms with Gasteiger partial charge in [0.25, 0.3) is 5.17 Å². The van der Waals surface area contributed by atoms with Crippen molar-refractivity contribution in [2.45, 2.75) is 37.0 Å². The summed E-state index contributed by atoms with van der Waals surface area (Å²) in [4.78, 5) is 12.8. The molecule has 2 aliphatic rings. The van der Waals surface area contributed by atoms with Gasteiger partial charge < -0.3 is 35.1 Å². The van der Waals surface area contributed by atoms with Crippen molar-refractivity contribution in [3.8, 4) is 0 Å². The number of aliphatic hydroxyl groups excluding tert-OH is 2. The van der Waals surface area contributed by atoms with Crippen LogP contribution in [0.2, 0.25) is 5.28 Å². The first-order valence-electron chi connectivity index (χ1n) is 9.08. The molecule has 0 amide bonds. The number of thiocarbonyl (C=S) groups is 1. The third-order valence-corrected chi connectivity index (χ3v) is 5.35. The largest absolute Gasteiger partial charge is 0.468 e. The summed E-state index contributed by atoms with van der Waals surface area (Å²) in [5, 5.41) is 27.0. The van der Waals surface area contributed by atoms with Crippen LogP contribution in [0.3, 0.4) is 0 Å². The maximum absolute atomic E-state index is 10.5. The molecule has 2 aromatic heterocycles. The number of anilines is 1. The lowest BCUT2D eigenvalue weighted by Gasteiger charge is -2.17. The summed E-state index contributed by atoms with van der Waals surface area (Å²) in [5.41, 5.74) is 0.845. The van der Waals surface area contributed by atoms with Crippen molar-refractivity contribution in [3.63, 3.8) is 0 Å². The molecular weight excluding hydrogens is 424 g/mol. The van der Waals surface area contributed by atoms with Gasteiger partial charge in [-0.25, -0.2) is 4.98 Å². The summed E-state index contributed by atoms with van der Waals surface area (Å²) in [6, 6.07) is 0.0991. The van der Waals surface area contributed by atoms with Crippen LogP contribution in [0.4, 0.5) is 5.82 Å². The summed E-state index contributed by atoms with van der Waals surface area (Å²) in [5.74, 6) is 0.474. The molecule has 0 saturated carbocycles. The molecule has 13 heteroatoms. The first kappa shape index (κ1) is 20.4. The molecule has 2 saturated heterocycles. The minimum Gasteiger partial charge on any atom is -0.468 e. The fourth-order valence-corrected chi connectivity index (χ4v) is 3.58. The van der Waals surface area contributed by atoms with Gasteiger partial charge in [-0.05, 0) is 30.2 Å². The van der Waals surface area contributed by atoms with Crippen LogP contribution >= 0.6 is 23.8 Å². The zero-order valence-corrected chi connectivity index (χ0v) is 17.1. The Bertz CT molecular complexity index is 894. The van der Waals surface area contributed by atoms with Gasteiger partial charge in [-0.1, -0.05) is 0 Å². The number of ether oxygens (including phenoxy) is 3. The lowest BCUT2D eigenvalue weighted by molar-refractivity contribution is -0.0490. The van der Waals surface area contributed by atoms with Crippen LogP contribution in [0.1, 0.15) is 12.6 Å². The average Bonchev–Trinajstić information content (AvgIpc) is 3.42. The van der Waals surface area contributed by atoms with Gasteiger partial charge in [0.15, 0.2) is 23.2 Å². The molecule has 4 heterocycles. The lowest BCUT2D eigenvalue weighted by Crippen LogP contribution is -2.35. The summed E-state index contributed by atoms with van der Waals surface area (Å²) < 4.78 is 18.0. The molecule has 0 aromatic carbocycles. The van der Waals surface area contributed by atoms with Crippen molar-refractivity contribution in [2.24, 2.45) is 0 Å². The highest BCUT2D eigenvalue weighted by Crippen LogP contribution is 2.33. The van der Waals surface area contributed by atoms with Gasteiger partial charge in [0.1, 0.15) is 24.9 Å². The van der Waals surface area contributed by atoms with E-state index in [0.717, 1.165) is 6.42 Å². The Morgan fingerprint density at radius 1 is 1.41 bits per heavy atom. The molecule has 0 spiro atoms. The predicted octanol–water partition coefficient (Wildman–Crippen LogP) is -0.179. The molecule has 4 N–H and O–H groups in total. The molecule has 0 aliphatic carbocycles. The number of aliphatic hydroxyl groups is 2. The molecule has 0 radical (unpaired) electrons. The van der Waals surface area contributed by atoms with Crippen LogP contribution in [0, 0.1) is 0 Å². The van der Waals surface area contributed by atoms with Gasteiger partial charge in [0.2, 0.25) is 5.28 Å². The second-order valence-electron chi connectivity index (χ2n) is 6.76. The van der Waals surface area contributed by atoms with E-state index < -0.39 is 24.5 Å². The molecule has 4 rings (SSSR count). The van der Waals surface area contributed by atoms with Crippen molar-refractivity contribution < 1.29 is 24.4 Å². The van der Waals surface area contributed by atoms with E-state index in [4.69, 9.17) is 38.0 Å². The monoisotopic (exact) mass is 444 g/mol. The predicted molar refractivity (Wildman–Crippen MR) is 107 cm³/mol. The van der Waals surface area contributed by atoms with E-state index in [9.17, 15) is 10.2 Å². The maximum atomic E-state index is 10.5. The lowest BCUT2D eigenvalue weighted by atomic mass is 10.1. The summed E-state index contributed by atoms with van der Waals surface area (Å²) in [7, 11) is 1.62. The summed E-state index contributed by atoms with van der Waals surface area (Å²) >= 11 is 11.0. The van der Waals surface area contributed by atoms with Crippen LogP contribution in [-0.2, 0) is 14.2 Å². The molecule has 0 bridgehead atoms. The quantitative estimate of drug-likeness (QED) is 0.361. The van der Waals surface area contributed by atoms with E-state index >= 15 is 0 Å². The smallest absolute Gasteiger partial charge is 0.256 e. The minimum atomic E-state index is -1.22. The number of fused-ring (bicyclic) bond motifs is 1. The fourth-order valence-electron chi connectivity index (χ4n) is 3.35. The Morgan fingerprint density at radius 2 is 2.24 bits per heavy atom. The zero-order chi connectivity index (χ0) is 20.5. The molecule has 5 atom stereocenters. The van der Waals surface area contributed by atoms with Gasteiger partial charge in [0.05, 0.1) is 19.0 Å². The number of rotatable bonds is 5. The molecule has 2 aromatic rings. The van der Waals surface area contributed by atoms with Crippen molar-refractivity contribution in [1.82, 2.24) is 24.8 Å². The topological polar surface area (TPSA) is 136 Å². The standard InChI is InChI=1S/C16H21ClN6O5S/c1-18-16(29)27-5-8-10(24)11(25)14(28-8)23-6-19-9-12(20-7-2-3-26-4-7)21-15(17)22-13(9)23/h6-8,10-11,14,24-25H,2-5H2,1H3,(H,18,29)(H,20,21,22)/t7?,8-,10-,11-,14?/m1/s1. The molecule has 11 nitrogen and oxygen atoms in total. The Morgan fingerprint density at radius 3 is 2.97 bits per heavy atom. The van der Waals surface area contributed by atoms with Gasteiger partial charge in [-0.3, -0.25) is 4.57 Å². The molecule has 158 valence electrons. The Labute approximate surface area is 176 Å². The highest BCUT2D eigenvalue weighted by molar-refractivity contribution is 7.80. The van der Waals surface area contributed by atoms with E-state index in [1.165, 1.54) is 10.9 Å². The van der Waals surface area contributed by atoms with Crippen molar-refractivity contribution in [2.75, 3.05) is 32.2 Å². The number of halogens is 1. The number of aromatic nitrogens is 4. The first-order valence-corrected chi connectivity index (χ1v) is 9.87. The van der Waals surface area contributed by atoms with Crippen LogP contribution < -0.4 is 10.6 Å². The van der Waals surface area contributed by atoms with Gasteiger partial charge in [-0.15, -0.1) is 0 Å². The zero-order valence-electron chi connectivity index (χ0n) is 15.5. The second-order valence-corrected chi connectivity index (χ2v) is 7.47. The second kappa shape index (κ2) is 8.50. The van der Waals surface area contributed by atoms with Crippen LogP contribution in [0.15, 0.2) is 6.33 Å². The van der Waals surface area contributed by atoms with E-state index in [0.29, 0.717) is 30.2 Å². The van der Waals surface area contributed by atoms with E-state index in [1.807, 2.05) is 0 Å². The highest BCUT2D eigenvalue weighted by Gasteiger charge is 2.45. The van der Waals surface area contributed by atoms with Crippen molar-refractivity contribution >= 4 is 46.0 Å². The third kappa shape index (κ3) is 4.09. The molecular formula is C16H21ClN6O5S. The Balaban J connectivity index is 1.59. The molecule has 2 aliphatic heterocycles. The van der Waals surface area contributed by atoms with E-state index in [-0.39, 0.29) is 23.1 Å². The van der Waals surface area contributed by atoms with Crippen molar-refractivity contribution in [1.29, 1.82) is 0 Å². The van der Waals surface area contributed by atoms with Crippen LogP contribution in [0.5, 0.6) is 0 Å².